The standard InChI is InChI=1S/C11H15NO5/c1-15-7-4-6(13)5-8(16-2)9(7)10(12)11(14)17-3/h4-5,10,13H,12H2,1-3H3/t10-/m0/s1. The number of rotatable bonds is 4. The van der Waals surface area contributed by atoms with Crippen LogP contribution in [0.2, 0.25) is 0 Å². The average molecular weight is 241 g/mol. The van der Waals surface area contributed by atoms with Crippen LogP contribution in [-0.4, -0.2) is 32.4 Å². The fourth-order valence-corrected chi connectivity index (χ4v) is 1.48. The molecule has 1 aromatic carbocycles. The molecule has 3 N–H and O–H groups in total. The summed E-state index contributed by atoms with van der Waals surface area (Å²) in [5, 5.41) is 9.44. The van der Waals surface area contributed by atoms with Gasteiger partial charge in [-0.1, -0.05) is 0 Å². The quantitative estimate of drug-likeness (QED) is 0.749. The number of ether oxygens (including phenoxy) is 3. The first kappa shape index (κ1) is 13.1. The minimum atomic E-state index is -1.04. The maximum absolute atomic E-state index is 11.4. The molecule has 0 bridgehead atoms. The van der Waals surface area contributed by atoms with Gasteiger partial charge >= 0.3 is 5.97 Å². The largest absolute Gasteiger partial charge is 0.508 e. The first-order valence-corrected chi connectivity index (χ1v) is 4.83. The van der Waals surface area contributed by atoms with Gasteiger partial charge in [0, 0.05) is 12.1 Å². The van der Waals surface area contributed by atoms with E-state index < -0.39 is 12.0 Å². The van der Waals surface area contributed by atoms with Gasteiger partial charge < -0.3 is 25.1 Å². The van der Waals surface area contributed by atoms with Gasteiger partial charge in [-0.2, -0.15) is 0 Å². The summed E-state index contributed by atoms with van der Waals surface area (Å²) in [7, 11) is 4.05. The summed E-state index contributed by atoms with van der Waals surface area (Å²) in [5.41, 5.74) is 6.07. The van der Waals surface area contributed by atoms with Crippen molar-refractivity contribution in [2.24, 2.45) is 5.73 Å². The Balaban J connectivity index is 3.33. The summed E-state index contributed by atoms with van der Waals surface area (Å²) in [5.74, 6) is -0.133. The molecule has 1 aromatic rings. The molecular formula is C11H15NO5. The van der Waals surface area contributed by atoms with Crippen molar-refractivity contribution in [2.45, 2.75) is 6.04 Å². The van der Waals surface area contributed by atoms with Crippen LogP contribution in [-0.2, 0) is 9.53 Å². The third-order valence-corrected chi connectivity index (χ3v) is 2.29. The van der Waals surface area contributed by atoms with E-state index in [9.17, 15) is 9.90 Å². The summed E-state index contributed by atoms with van der Waals surface area (Å²) in [6, 6.07) is 1.66. The molecule has 1 atom stereocenters. The fourth-order valence-electron chi connectivity index (χ4n) is 1.48. The number of methoxy groups -OCH3 is 3. The van der Waals surface area contributed by atoms with Crippen LogP contribution in [0.4, 0.5) is 0 Å². The zero-order valence-corrected chi connectivity index (χ0v) is 9.89. The molecule has 17 heavy (non-hydrogen) atoms. The molecule has 0 saturated carbocycles. The minimum Gasteiger partial charge on any atom is -0.508 e. The average Bonchev–Trinajstić information content (AvgIpc) is 2.35. The number of hydrogen-bond acceptors (Lipinski definition) is 6. The lowest BCUT2D eigenvalue weighted by Gasteiger charge is -2.17. The molecule has 0 aliphatic carbocycles. The number of carbonyl (C=O) groups is 1. The van der Waals surface area contributed by atoms with Crippen molar-refractivity contribution in [2.75, 3.05) is 21.3 Å². The molecule has 0 aliphatic heterocycles. The van der Waals surface area contributed by atoms with Crippen LogP contribution in [0.5, 0.6) is 17.2 Å². The van der Waals surface area contributed by atoms with Crippen molar-refractivity contribution in [3.05, 3.63) is 17.7 Å². The number of esters is 1. The Hall–Kier alpha value is -1.95. The van der Waals surface area contributed by atoms with Crippen LogP contribution in [0.15, 0.2) is 12.1 Å². The van der Waals surface area contributed by atoms with Crippen molar-refractivity contribution in [3.63, 3.8) is 0 Å². The lowest BCUT2D eigenvalue weighted by Crippen LogP contribution is -2.23. The van der Waals surface area contributed by atoms with Crippen molar-refractivity contribution < 1.29 is 24.1 Å². The van der Waals surface area contributed by atoms with E-state index in [1.54, 1.807) is 0 Å². The highest BCUT2D eigenvalue weighted by molar-refractivity contribution is 5.80. The van der Waals surface area contributed by atoms with Crippen molar-refractivity contribution in [1.82, 2.24) is 0 Å². The summed E-state index contributed by atoms with van der Waals surface area (Å²) in [6.07, 6.45) is 0. The first-order chi connectivity index (χ1) is 8.04. The number of nitrogens with two attached hydrogens (primary N) is 1. The lowest BCUT2D eigenvalue weighted by molar-refractivity contribution is -0.142. The molecule has 6 nitrogen and oxygen atoms in total. The Morgan fingerprint density at radius 3 is 2.06 bits per heavy atom. The van der Waals surface area contributed by atoms with E-state index in [4.69, 9.17) is 15.2 Å². The zero-order chi connectivity index (χ0) is 13.0. The van der Waals surface area contributed by atoms with Crippen LogP contribution in [0.3, 0.4) is 0 Å². The Morgan fingerprint density at radius 1 is 1.24 bits per heavy atom. The van der Waals surface area contributed by atoms with Crippen LogP contribution in [0.1, 0.15) is 11.6 Å². The Bertz CT molecular complexity index is 393. The number of aromatic hydroxyl groups is 1. The zero-order valence-electron chi connectivity index (χ0n) is 9.89. The molecule has 0 amide bonds. The maximum Gasteiger partial charge on any atom is 0.327 e. The third-order valence-electron chi connectivity index (χ3n) is 2.29. The normalized spacial score (nSPS) is 11.8. The topological polar surface area (TPSA) is 91.0 Å². The predicted molar refractivity (Wildman–Crippen MR) is 60.2 cm³/mol. The van der Waals surface area contributed by atoms with Gasteiger partial charge in [0.25, 0.3) is 0 Å². The van der Waals surface area contributed by atoms with Crippen molar-refractivity contribution in [3.8, 4) is 17.2 Å². The van der Waals surface area contributed by atoms with E-state index in [1.165, 1.54) is 33.5 Å². The summed E-state index contributed by atoms with van der Waals surface area (Å²) >= 11 is 0. The highest BCUT2D eigenvalue weighted by atomic mass is 16.5. The summed E-state index contributed by atoms with van der Waals surface area (Å²) in [6.45, 7) is 0. The summed E-state index contributed by atoms with van der Waals surface area (Å²) in [4.78, 5) is 11.4. The van der Waals surface area contributed by atoms with Gasteiger partial charge in [0.05, 0.1) is 26.9 Å². The Morgan fingerprint density at radius 2 is 1.71 bits per heavy atom. The number of benzene rings is 1. The Kier molecular flexibility index (Phi) is 4.17. The van der Waals surface area contributed by atoms with E-state index in [0.717, 1.165) is 0 Å². The fraction of sp³-hybridized carbons (Fsp3) is 0.364. The van der Waals surface area contributed by atoms with Gasteiger partial charge in [-0.05, 0) is 0 Å². The van der Waals surface area contributed by atoms with Gasteiger partial charge in [-0.3, -0.25) is 0 Å². The Labute approximate surface area is 98.9 Å². The minimum absolute atomic E-state index is 0.0421. The molecule has 0 spiro atoms. The summed E-state index contributed by atoms with van der Waals surface area (Å²) < 4.78 is 14.7. The third kappa shape index (κ3) is 2.59. The molecule has 0 unspecified atom stereocenters. The first-order valence-electron chi connectivity index (χ1n) is 4.83. The smallest absolute Gasteiger partial charge is 0.327 e. The lowest BCUT2D eigenvalue weighted by atomic mass is 10.0. The van der Waals surface area contributed by atoms with Crippen LogP contribution in [0, 0.1) is 0 Å². The number of hydrogen-bond donors (Lipinski definition) is 2. The van der Waals surface area contributed by atoms with Gasteiger partial charge in [0.1, 0.15) is 23.3 Å². The van der Waals surface area contributed by atoms with E-state index in [1.807, 2.05) is 0 Å². The highest BCUT2D eigenvalue weighted by Crippen LogP contribution is 2.37. The molecule has 0 aliphatic rings. The van der Waals surface area contributed by atoms with E-state index in [-0.39, 0.29) is 17.2 Å². The molecule has 94 valence electrons. The molecule has 0 fully saturated rings. The van der Waals surface area contributed by atoms with Gasteiger partial charge in [-0.25, -0.2) is 4.79 Å². The second kappa shape index (κ2) is 5.40. The molecule has 0 heterocycles. The SMILES string of the molecule is COC(=O)[C@@H](N)c1c(OC)cc(O)cc1OC. The second-order valence-corrected chi connectivity index (χ2v) is 3.26. The number of carbonyl (C=O) groups excluding carboxylic acids is 1. The molecule has 0 radical (unpaired) electrons. The van der Waals surface area contributed by atoms with E-state index in [2.05, 4.69) is 4.74 Å². The van der Waals surface area contributed by atoms with Gasteiger partial charge in [0.15, 0.2) is 0 Å². The van der Waals surface area contributed by atoms with E-state index >= 15 is 0 Å². The highest BCUT2D eigenvalue weighted by Gasteiger charge is 2.25. The molecule has 6 heteroatoms. The second-order valence-electron chi connectivity index (χ2n) is 3.26. The number of phenolic OH excluding ortho intramolecular Hbond substituents is 1. The van der Waals surface area contributed by atoms with E-state index in [0.29, 0.717) is 5.56 Å². The molecule has 0 aromatic heterocycles. The van der Waals surface area contributed by atoms with Gasteiger partial charge in [-0.15, -0.1) is 0 Å². The van der Waals surface area contributed by atoms with Crippen molar-refractivity contribution >= 4 is 5.97 Å². The maximum atomic E-state index is 11.4. The predicted octanol–water partition coefficient (Wildman–Crippen LogP) is 0.582. The monoisotopic (exact) mass is 241 g/mol. The van der Waals surface area contributed by atoms with Crippen LogP contribution < -0.4 is 15.2 Å². The van der Waals surface area contributed by atoms with Gasteiger partial charge in [0.2, 0.25) is 0 Å². The van der Waals surface area contributed by atoms with Crippen molar-refractivity contribution in [1.29, 1.82) is 0 Å². The molecule has 0 saturated heterocycles. The van der Waals surface area contributed by atoms with Crippen LogP contribution in [0.25, 0.3) is 0 Å². The van der Waals surface area contributed by atoms with Crippen LogP contribution >= 0.6 is 0 Å². The number of phenols is 1. The molecular weight excluding hydrogens is 226 g/mol. The molecule has 1 rings (SSSR count).